The molecule has 1 aliphatic heterocycles. The Morgan fingerprint density at radius 3 is 2.73 bits per heavy atom. The molecule has 0 radical (unpaired) electrons. The fourth-order valence-electron chi connectivity index (χ4n) is 3.26. The second-order valence-electron chi connectivity index (χ2n) is 7.94. The highest BCUT2D eigenvalue weighted by molar-refractivity contribution is 8.00. The van der Waals surface area contributed by atoms with Crippen molar-refractivity contribution in [3.63, 3.8) is 0 Å². The molecule has 11 heteroatoms. The average Bonchev–Trinajstić information content (AvgIpc) is 3.34. The zero-order valence-corrected chi connectivity index (χ0v) is 19.9. The van der Waals surface area contributed by atoms with Gasteiger partial charge in [0.05, 0.1) is 6.04 Å². The van der Waals surface area contributed by atoms with Crippen molar-refractivity contribution in [2.45, 2.75) is 55.3 Å². The molecule has 3 aromatic rings. The molecule has 1 amide bonds. The van der Waals surface area contributed by atoms with E-state index >= 15 is 0 Å². The van der Waals surface area contributed by atoms with Gasteiger partial charge in [-0.25, -0.2) is 4.79 Å². The first-order chi connectivity index (χ1) is 14.2. The minimum Gasteiger partial charge on any atom is -0.444 e. The Balaban J connectivity index is 1.53. The number of ether oxygens (including phenoxy) is 1. The molecule has 0 N–H and O–H groups in total. The van der Waals surface area contributed by atoms with Gasteiger partial charge in [0.25, 0.3) is 0 Å². The Kier molecular flexibility index (Phi) is 6.16. The second kappa shape index (κ2) is 8.53. The van der Waals surface area contributed by atoms with Gasteiger partial charge in [0.1, 0.15) is 5.60 Å². The van der Waals surface area contributed by atoms with E-state index in [0.29, 0.717) is 33.1 Å². The Hall–Kier alpha value is -1.55. The first-order valence-electron chi connectivity index (χ1n) is 9.50. The number of carbonyl (C=O) groups excluding carboxylic acids is 1. The topological polar surface area (TPSA) is 72.6 Å². The van der Waals surface area contributed by atoms with Gasteiger partial charge in [-0.15, -0.1) is 15.3 Å². The number of likely N-dealkylation sites (tertiary alicyclic amines) is 1. The van der Waals surface area contributed by atoms with Crippen LogP contribution in [0.3, 0.4) is 0 Å². The van der Waals surface area contributed by atoms with Gasteiger partial charge < -0.3 is 4.74 Å². The smallest absolute Gasteiger partial charge is 0.410 e. The maximum atomic E-state index is 12.6. The van der Waals surface area contributed by atoms with Gasteiger partial charge in [-0.2, -0.15) is 4.52 Å². The maximum absolute atomic E-state index is 12.6. The summed E-state index contributed by atoms with van der Waals surface area (Å²) in [5.74, 6) is 1.26. The molecule has 3 heterocycles. The largest absolute Gasteiger partial charge is 0.444 e. The van der Waals surface area contributed by atoms with Crippen LogP contribution in [-0.2, 0) is 10.5 Å². The van der Waals surface area contributed by atoms with E-state index in [9.17, 15) is 4.79 Å². The molecule has 4 rings (SSSR count). The van der Waals surface area contributed by atoms with Crippen LogP contribution in [0.5, 0.6) is 0 Å². The summed E-state index contributed by atoms with van der Waals surface area (Å²) in [6.45, 7) is 6.21. The summed E-state index contributed by atoms with van der Waals surface area (Å²) in [5, 5.41) is 14.5. The highest BCUT2D eigenvalue weighted by Crippen LogP contribution is 2.36. The summed E-state index contributed by atoms with van der Waals surface area (Å²) in [6, 6.07) is 5.27. The number of hydrogen-bond donors (Lipinski definition) is 0. The monoisotopic (exact) mass is 485 g/mol. The van der Waals surface area contributed by atoms with Crippen LogP contribution in [0.4, 0.5) is 4.79 Å². The van der Waals surface area contributed by atoms with Gasteiger partial charge in [0.2, 0.25) is 4.96 Å². The molecule has 2 aromatic heterocycles. The number of rotatable bonds is 4. The zero-order chi connectivity index (χ0) is 21.5. The lowest BCUT2D eigenvalue weighted by molar-refractivity contribution is 0.0217. The minimum absolute atomic E-state index is 0.201. The van der Waals surface area contributed by atoms with Crippen molar-refractivity contribution in [2.75, 3.05) is 6.54 Å². The maximum Gasteiger partial charge on any atom is 0.410 e. The molecular formula is C19H21Cl2N5O2S2. The summed E-state index contributed by atoms with van der Waals surface area (Å²) < 4.78 is 8.12. The number of thioether (sulfide) groups is 1. The molecule has 0 bridgehead atoms. The normalized spacial score (nSPS) is 17.1. The Bertz CT molecular complexity index is 1060. The van der Waals surface area contributed by atoms with E-state index in [4.69, 9.17) is 27.9 Å². The van der Waals surface area contributed by atoms with Gasteiger partial charge in [0.15, 0.2) is 10.2 Å². The summed E-state index contributed by atoms with van der Waals surface area (Å²) in [6.07, 6.45) is 1.35. The predicted octanol–water partition coefficient (Wildman–Crippen LogP) is 5.86. The number of nitrogens with zero attached hydrogens (tertiary/aromatic N) is 5. The van der Waals surface area contributed by atoms with Crippen molar-refractivity contribution in [1.82, 2.24) is 24.7 Å². The molecule has 0 spiro atoms. The van der Waals surface area contributed by atoms with Gasteiger partial charge in [-0.1, -0.05) is 52.4 Å². The second-order valence-corrected chi connectivity index (χ2v) is 10.9. The van der Waals surface area contributed by atoms with Crippen LogP contribution in [0.25, 0.3) is 4.96 Å². The summed E-state index contributed by atoms with van der Waals surface area (Å²) in [5.41, 5.74) is 0.332. The van der Waals surface area contributed by atoms with Crippen molar-refractivity contribution in [3.05, 3.63) is 39.6 Å². The third-order valence-electron chi connectivity index (χ3n) is 4.58. The number of aromatic nitrogens is 4. The van der Waals surface area contributed by atoms with Gasteiger partial charge >= 0.3 is 6.09 Å². The Morgan fingerprint density at radius 2 is 2.03 bits per heavy atom. The van der Waals surface area contributed by atoms with E-state index in [2.05, 4.69) is 15.3 Å². The molecule has 1 atom stereocenters. The van der Waals surface area contributed by atoms with Crippen molar-refractivity contribution >= 4 is 57.4 Å². The molecule has 7 nitrogen and oxygen atoms in total. The van der Waals surface area contributed by atoms with Crippen molar-refractivity contribution in [3.8, 4) is 0 Å². The molecule has 0 aliphatic carbocycles. The third-order valence-corrected chi connectivity index (χ3v) is 7.34. The van der Waals surface area contributed by atoms with Crippen molar-refractivity contribution in [2.24, 2.45) is 0 Å². The summed E-state index contributed by atoms with van der Waals surface area (Å²) >= 11 is 15.5. The lowest BCUT2D eigenvalue weighted by Gasteiger charge is -2.27. The SMILES string of the molecule is CC(C)(C)OC(=O)N1CCCC1c1nnc2sc(SCc3c(Cl)cccc3Cl)nn12. The molecule has 1 aromatic carbocycles. The van der Waals surface area contributed by atoms with E-state index in [1.165, 1.54) is 11.3 Å². The minimum atomic E-state index is -0.547. The number of hydrogen-bond acceptors (Lipinski definition) is 7. The number of halogens is 2. The van der Waals surface area contributed by atoms with Crippen molar-refractivity contribution in [1.29, 1.82) is 0 Å². The Morgan fingerprint density at radius 1 is 1.30 bits per heavy atom. The fraction of sp³-hybridized carbons (Fsp3) is 0.474. The molecule has 1 aliphatic rings. The van der Waals surface area contributed by atoms with Crippen molar-refractivity contribution < 1.29 is 9.53 Å². The number of fused-ring (bicyclic) bond motifs is 1. The predicted molar refractivity (Wildman–Crippen MR) is 120 cm³/mol. The van der Waals surface area contributed by atoms with Gasteiger partial charge in [0, 0.05) is 22.3 Å². The lowest BCUT2D eigenvalue weighted by atomic mass is 10.2. The molecule has 1 saturated heterocycles. The molecule has 30 heavy (non-hydrogen) atoms. The third kappa shape index (κ3) is 4.54. The first-order valence-corrected chi connectivity index (χ1v) is 12.1. The lowest BCUT2D eigenvalue weighted by Crippen LogP contribution is -2.37. The molecule has 160 valence electrons. The van der Waals surface area contributed by atoms with E-state index in [-0.39, 0.29) is 12.1 Å². The van der Waals surface area contributed by atoms with Crippen LogP contribution in [0.15, 0.2) is 22.5 Å². The Labute approximate surface area is 192 Å². The van der Waals surface area contributed by atoms with Crippen LogP contribution in [0.2, 0.25) is 10.0 Å². The molecule has 1 fully saturated rings. The van der Waals surface area contributed by atoms with E-state index in [1.807, 2.05) is 39.0 Å². The highest BCUT2D eigenvalue weighted by Gasteiger charge is 2.36. The quantitative estimate of drug-likeness (QED) is 0.431. The van der Waals surface area contributed by atoms with Crippen LogP contribution >= 0.6 is 46.3 Å². The number of amides is 1. The van der Waals surface area contributed by atoms with Crippen LogP contribution < -0.4 is 0 Å². The molecular weight excluding hydrogens is 465 g/mol. The first kappa shape index (κ1) is 21.7. The summed E-state index contributed by atoms with van der Waals surface area (Å²) in [4.78, 5) is 15.0. The highest BCUT2D eigenvalue weighted by atomic mass is 35.5. The van der Waals surface area contributed by atoms with E-state index in [1.54, 1.807) is 21.2 Å². The zero-order valence-electron chi connectivity index (χ0n) is 16.8. The van der Waals surface area contributed by atoms with Crippen LogP contribution in [-0.4, -0.2) is 43.0 Å². The van der Waals surface area contributed by atoms with Gasteiger partial charge in [-0.3, -0.25) is 4.90 Å². The number of carbonyl (C=O) groups is 1. The molecule has 1 unspecified atom stereocenters. The molecule has 0 saturated carbocycles. The fourth-order valence-corrected chi connectivity index (χ4v) is 5.88. The summed E-state index contributed by atoms with van der Waals surface area (Å²) in [7, 11) is 0. The number of benzene rings is 1. The van der Waals surface area contributed by atoms with Crippen LogP contribution in [0, 0.1) is 0 Å². The average molecular weight is 486 g/mol. The van der Waals surface area contributed by atoms with E-state index < -0.39 is 5.60 Å². The van der Waals surface area contributed by atoms with E-state index in [0.717, 1.165) is 22.7 Å². The van der Waals surface area contributed by atoms with Crippen LogP contribution in [0.1, 0.15) is 51.0 Å². The standard InChI is InChI=1S/C19H21Cl2N5O2S2/c1-19(2,3)28-18(27)25-9-5-8-14(25)15-22-23-16-26(15)24-17(30-16)29-10-11-12(20)6-4-7-13(11)21/h4,6-7,14H,5,8-10H2,1-3H3. The van der Waals surface area contributed by atoms with Gasteiger partial charge in [-0.05, 0) is 51.3 Å².